The van der Waals surface area contributed by atoms with Gasteiger partial charge in [0.25, 0.3) is 5.56 Å². The highest BCUT2D eigenvalue weighted by molar-refractivity contribution is 7.99. The minimum atomic E-state index is 0.143. The van der Waals surface area contributed by atoms with E-state index in [0.29, 0.717) is 6.54 Å². The molecule has 3 aromatic rings. The van der Waals surface area contributed by atoms with Gasteiger partial charge in [0, 0.05) is 4.88 Å². The SMILES string of the molecule is CCSc1nc2sc3c(c2c(=O)n1Cc1ccccc1)CCCCC3. The molecule has 2 aromatic heterocycles. The number of fused-ring (bicyclic) bond motifs is 3. The third-order valence-corrected chi connectivity index (χ3v) is 6.79. The molecular weight excluding hydrogens is 348 g/mol. The van der Waals surface area contributed by atoms with Gasteiger partial charge in [-0.15, -0.1) is 11.3 Å². The zero-order valence-electron chi connectivity index (χ0n) is 14.5. The zero-order valence-corrected chi connectivity index (χ0v) is 16.1. The Morgan fingerprint density at radius 1 is 1.16 bits per heavy atom. The van der Waals surface area contributed by atoms with Crippen LogP contribution in [0.5, 0.6) is 0 Å². The van der Waals surface area contributed by atoms with Crippen LogP contribution in [0.25, 0.3) is 10.2 Å². The zero-order chi connectivity index (χ0) is 17.2. The van der Waals surface area contributed by atoms with Crippen molar-refractivity contribution in [2.45, 2.75) is 50.7 Å². The van der Waals surface area contributed by atoms with E-state index in [-0.39, 0.29) is 5.56 Å². The third kappa shape index (κ3) is 3.27. The molecule has 4 rings (SSSR count). The number of benzene rings is 1. The molecular formula is C20H22N2OS2. The first-order chi connectivity index (χ1) is 12.3. The van der Waals surface area contributed by atoms with Crippen LogP contribution >= 0.6 is 23.1 Å². The second kappa shape index (κ2) is 7.34. The maximum atomic E-state index is 13.4. The molecule has 0 bridgehead atoms. The summed E-state index contributed by atoms with van der Waals surface area (Å²) in [5, 5.41) is 1.73. The van der Waals surface area contributed by atoms with E-state index in [4.69, 9.17) is 4.98 Å². The summed E-state index contributed by atoms with van der Waals surface area (Å²) in [6.07, 6.45) is 5.80. The monoisotopic (exact) mass is 370 g/mol. The van der Waals surface area contributed by atoms with E-state index >= 15 is 0 Å². The molecule has 0 saturated carbocycles. The molecule has 0 atom stereocenters. The summed E-state index contributed by atoms with van der Waals surface area (Å²) >= 11 is 3.40. The topological polar surface area (TPSA) is 34.9 Å². The van der Waals surface area contributed by atoms with Crippen LogP contribution < -0.4 is 5.56 Å². The fraction of sp³-hybridized carbons (Fsp3) is 0.400. The lowest BCUT2D eigenvalue weighted by atomic mass is 10.1. The first-order valence-electron chi connectivity index (χ1n) is 8.99. The molecule has 0 saturated heterocycles. The predicted molar refractivity (Wildman–Crippen MR) is 107 cm³/mol. The van der Waals surface area contributed by atoms with Gasteiger partial charge in [-0.05, 0) is 42.6 Å². The number of thiophene rings is 1. The average molecular weight is 371 g/mol. The molecule has 0 radical (unpaired) electrons. The highest BCUT2D eigenvalue weighted by atomic mass is 32.2. The molecule has 0 aliphatic heterocycles. The van der Waals surface area contributed by atoms with Crippen molar-refractivity contribution in [1.82, 2.24) is 9.55 Å². The van der Waals surface area contributed by atoms with Crippen LogP contribution in [0.3, 0.4) is 0 Å². The van der Waals surface area contributed by atoms with Gasteiger partial charge < -0.3 is 0 Å². The van der Waals surface area contributed by atoms with Gasteiger partial charge in [-0.25, -0.2) is 4.98 Å². The van der Waals surface area contributed by atoms with Crippen LogP contribution in [0.15, 0.2) is 40.3 Å². The normalized spacial score (nSPS) is 14.4. The van der Waals surface area contributed by atoms with Crippen molar-refractivity contribution < 1.29 is 0 Å². The van der Waals surface area contributed by atoms with Gasteiger partial charge in [0.05, 0.1) is 11.9 Å². The Morgan fingerprint density at radius 2 is 1.96 bits per heavy atom. The van der Waals surface area contributed by atoms with Gasteiger partial charge in [0.2, 0.25) is 0 Å². The van der Waals surface area contributed by atoms with E-state index in [2.05, 4.69) is 19.1 Å². The summed E-state index contributed by atoms with van der Waals surface area (Å²) in [5.41, 5.74) is 2.57. The number of hydrogen-bond donors (Lipinski definition) is 0. The van der Waals surface area contributed by atoms with Gasteiger partial charge >= 0.3 is 0 Å². The Morgan fingerprint density at radius 3 is 2.76 bits per heavy atom. The van der Waals surface area contributed by atoms with Crippen molar-refractivity contribution in [2.75, 3.05) is 5.75 Å². The predicted octanol–water partition coefficient (Wildman–Crippen LogP) is 4.89. The smallest absolute Gasteiger partial charge is 0.263 e. The highest BCUT2D eigenvalue weighted by Crippen LogP contribution is 2.34. The van der Waals surface area contributed by atoms with Crippen molar-refractivity contribution >= 4 is 33.3 Å². The second-order valence-corrected chi connectivity index (χ2v) is 8.76. The number of thioether (sulfide) groups is 1. The summed E-state index contributed by atoms with van der Waals surface area (Å²) in [5.74, 6) is 0.915. The summed E-state index contributed by atoms with van der Waals surface area (Å²) in [6.45, 7) is 2.70. The van der Waals surface area contributed by atoms with Crippen LogP contribution in [-0.4, -0.2) is 15.3 Å². The maximum Gasteiger partial charge on any atom is 0.263 e. The first kappa shape index (κ1) is 16.9. The van der Waals surface area contributed by atoms with Crippen molar-refractivity contribution in [3.05, 3.63) is 56.7 Å². The molecule has 1 aromatic carbocycles. The van der Waals surface area contributed by atoms with E-state index < -0.39 is 0 Å². The maximum absolute atomic E-state index is 13.4. The molecule has 0 amide bonds. The molecule has 0 fully saturated rings. The van der Waals surface area contributed by atoms with E-state index in [9.17, 15) is 4.79 Å². The summed E-state index contributed by atoms with van der Waals surface area (Å²) < 4.78 is 1.88. The Labute approximate surface area is 156 Å². The lowest BCUT2D eigenvalue weighted by molar-refractivity contribution is 0.658. The van der Waals surface area contributed by atoms with Crippen molar-refractivity contribution in [1.29, 1.82) is 0 Å². The lowest BCUT2D eigenvalue weighted by Crippen LogP contribution is -2.24. The van der Waals surface area contributed by atoms with E-state index in [1.54, 1.807) is 23.1 Å². The van der Waals surface area contributed by atoms with Gasteiger partial charge in [0.1, 0.15) is 4.83 Å². The summed E-state index contributed by atoms with van der Waals surface area (Å²) in [4.78, 5) is 20.6. The number of hydrogen-bond acceptors (Lipinski definition) is 4. The number of rotatable bonds is 4. The van der Waals surface area contributed by atoms with Gasteiger partial charge in [-0.3, -0.25) is 9.36 Å². The largest absolute Gasteiger partial charge is 0.283 e. The standard InChI is InChI=1S/C20H22N2OS2/c1-2-24-20-21-18-17(15-11-7-4-8-12-16(15)25-18)19(23)22(20)13-14-9-5-3-6-10-14/h3,5-6,9-10H,2,4,7-8,11-13H2,1H3. The van der Waals surface area contributed by atoms with Gasteiger partial charge in [-0.2, -0.15) is 0 Å². The van der Waals surface area contributed by atoms with E-state index in [1.807, 2.05) is 22.8 Å². The molecule has 25 heavy (non-hydrogen) atoms. The van der Waals surface area contributed by atoms with Gasteiger partial charge in [-0.1, -0.05) is 55.4 Å². The fourth-order valence-corrected chi connectivity index (χ4v) is 5.57. The minimum Gasteiger partial charge on any atom is -0.283 e. The summed E-state index contributed by atoms with van der Waals surface area (Å²) in [6, 6.07) is 10.2. The average Bonchev–Trinajstić information content (AvgIpc) is 2.81. The lowest BCUT2D eigenvalue weighted by Gasteiger charge is -2.12. The highest BCUT2D eigenvalue weighted by Gasteiger charge is 2.21. The van der Waals surface area contributed by atoms with Crippen molar-refractivity contribution in [2.24, 2.45) is 0 Å². The van der Waals surface area contributed by atoms with Crippen LogP contribution in [0, 0.1) is 0 Å². The Kier molecular flexibility index (Phi) is 4.95. The van der Waals surface area contributed by atoms with Crippen LogP contribution in [0.2, 0.25) is 0 Å². The first-order valence-corrected chi connectivity index (χ1v) is 10.8. The number of nitrogens with zero attached hydrogens (tertiary/aromatic N) is 2. The van der Waals surface area contributed by atoms with Crippen LogP contribution in [0.1, 0.15) is 42.2 Å². The molecule has 0 unspecified atom stereocenters. The Bertz CT molecular complexity index is 944. The second-order valence-electron chi connectivity index (χ2n) is 6.45. The molecule has 0 spiro atoms. The Hall–Kier alpha value is -1.59. The molecule has 3 nitrogen and oxygen atoms in total. The molecule has 130 valence electrons. The Balaban J connectivity index is 1.90. The van der Waals surface area contributed by atoms with Crippen LogP contribution in [0.4, 0.5) is 0 Å². The molecule has 2 heterocycles. The molecule has 5 heteroatoms. The third-order valence-electron chi connectivity index (χ3n) is 4.75. The van der Waals surface area contributed by atoms with Crippen molar-refractivity contribution in [3.63, 3.8) is 0 Å². The minimum absolute atomic E-state index is 0.143. The fourth-order valence-electron chi connectivity index (χ4n) is 3.54. The van der Waals surface area contributed by atoms with Gasteiger partial charge in [0.15, 0.2) is 5.16 Å². The van der Waals surface area contributed by atoms with E-state index in [0.717, 1.165) is 39.5 Å². The molecule has 1 aliphatic carbocycles. The number of aryl methyl sites for hydroxylation is 2. The molecule has 0 N–H and O–H groups in total. The number of aromatic nitrogens is 2. The van der Waals surface area contributed by atoms with Crippen molar-refractivity contribution in [3.8, 4) is 0 Å². The van der Waals surface area contributed by atoms with Crippen LogP contribution in [-0.2, 0) is 19.4 Å². The quantitative estimate of drug-likeness (QED) is 0.373. The van der Waals surface area contributed by atoms with E-state index in [1.165, 1.54) is 29.7 Å². The summed E-state index contributed by atoms with van der Waals surface area (Å²) in [7, 11) is 0. The molecule has 1 aliphatic rings.